The molecule has 0 radical (unpaired) electrons. The first-order valence-corrected chi connectivity index (χ1v) is 9.33. The van der Waals surface area contributed by atoms with Gasteiger partial charge in [0.15, 0.2) is 0 Å². The van der Waals surface area contributed by atoms with Gasteiger partial charge in [-0.3, -0.25) is 20.4 Å². The molecule has 4 unspecified atom stereocenters. The SMILES string of the molecule is CC(NC(=O)CC1NNC2CCCCC21)c1ccc2c(c1)CC(=O)N2. The average molecular weight is 342 g/mol. The summed E-state index contributed by atoms with van der Waals surface area (Å²) >= 11 is 0. The highest BCUT2D eigenvalue weighted by Crippen LogP contribution is 2.31. The van der Waals surface area contributed by atoms with Crippen LogP contribution in [-0.4, -0.2) is 23.9 Å². The number of carbonyl (C=O) groups excluding carboxylic acids is 2. The van der Waals surface area contributed by atoms with Crippen LogP contribution in [0.4, 0.5) is 5.69 Å². The van der Waals surface area contributed by atoms with E-state index in [-0.39, 0.29) is 23.9 Å². The number of rotatable bonds is 4. The van der Waals surface area contributed by atoms with Crippen LogP contribution in [0.1, 0.15) is 56.2 Å². The van der Waals surface area contributed by atoms with Gasteiger partial charge in [0.05, 0.1) is 12.5 Å². The molecule has 6 nitrogen and oxygen atoms in total. The highest BCUT2D eigenvalue weighted by Gasteiger charge is 2.38. The number of nitrogens with one attached hydrogen (secondary N) is 4. The van der Waals surface area contributed by atoms with Crippen molar-refractivity contribution in [1.82, 2.24) is 16.2 Å². The maximum Gasteiger partial charge on any atom is 0.228 e. The summed E-state index contributed by atoms with van der Waals surface area (Å²) in [6.07, 6.45) is 5.87. The van der Waals surface area contributed by atoms with Crippen LogP contribution in [0.25, 0.3) is 0 Å². The summed E-state index contributed by atoms with van der Waals surface area (Å²) in [5, 5.41) is 5.95. The van der Waals surface area contributed by atoms with Crippen molar-refractivity contribution in [3.05, 3.63) is 29.3 Å². The second-order valence-electron chi connectivity index (χ2n) is 7.58. The highest BCUT2D eigenvalue weighted by atomic mass is 16.2. The average Bonchev–Trinajstić information content (AvgIpc) is 3.16. The van der Waals surface area contributed by atoms with Crippen molar-refractivity contribution < 1.29 is 9.59 Å². The molecular weight excluding hydrogens is 316 g/mol. The van der Waals surface area contributed by atoms with Crippen LogP contribution in [0.2, 0.25) is 0 Å². The summed E-state index contributed by atoms with van der Waals surface area (Å²) in [4.78, 5) is 24.0. The summed E-state index contributed by atoms with van der Waals surface area (Å²) in [6, 6.07) is 6.59. The lowest BCUT2D eigenvalue weighted by molar-refractivity contribution is -0.122. The number of hydrazine groups is 1. The summed E-state index contributed by atoms with van der Waals surface area (Å²) < 4.78 is 0. The quantitative estimate of drug-likeness (QED) is 0.672. The van der Waals surface area contributed by atoms with Crippen LogP contribution in [0.15, 0.2) is 18.2 Å². The molecule has 0 aromatic heterocycles. The second kappa shape index (κ2) is 6.77. The monoisotopic (exact) mass is 342 g/mol. The third-order valence-electron chi connectivity index (χ3n) is 5.83. The second-order valence-corrected chi connectivity index (χ2v) is 7.58. The fourth-order valence-electron chi connectivity index (χ4n) is 4.45. The Labute approximate surface area is 148 Å². The maximum atomic E-state index is 12.5. The maximum absolute atomic E-state index is 12.5. The van der Waals surface area contributed by atoms with Gasteiger partial charge in [0, 0.05) is 24.2 Å². The van der Waals surface area contributed by atoms with E-state index in [9.17, 15) is 9.59 Å². The molecule has 0 spiro atoms. The van der Waals surface area contributed by atoms with E-state index < -0.39 is 0 Å². The molecule has 4 N–H and O–H groups in total. The first-order chi connectivity index (χ1) is 12.1. The number of carbonyl (C=O) groups is 2. The van der Waals surface area contributed by atoms with Crippen molar-refractivity contribution in [2.24, 2.45) is 5.92 Å². The van der Waals surface area contributed by atoms with Gasteiger partial charge in [0.2, 0.25) is 11.8 Å². The zero-order valence-electron chi connectivity index (χ0n) is 14.6. The van der Waals surface area contributed by atoms with E-state index >= 15 is 0 Å². The largest absolute Gasteiger partial charge is 0.350 e. The van der Waals surface area contributed by atoms with Crippen LogP contribution in [0.5, 0.6) is 0 Å². The third kappa shape index (κ3) is 3.41. The van der Waals surface area contributed by atoms with Gasteiger partial charge >= 0.3 is 0 Å². The van der Waals surface area contributed by atoms with Crippen molar-refractivity contribution in [3.63, 3.8) is 0 Å². The molecule has 4 atom stereocenters. The number of amides is 2. The topological polar surface area (TPSA) is 82.3 Å². The normalized spacial score (nSPS) is 28.8. The van der Waals surface area contributed by atoms with Crippen molar-refractivity contribution in [2.75, 3.05) is 5.32 Å². The zero-order chi connectivity index (χ0) is 17.4. The molecule has 1 aromatic carbocycles. The summed E-state index contributed by atoms with van der Waals surface area (Å²) in [5.41, 5.74) is 9.62. The van der Waals surface area contributed by atoms with E-state index in [1.807, 2.05) is 25.1 Å². The fourth-order valence-corrected chi connectivity index (χ4v) is 4.45. The molecule has 1 saturated carbocycles. The van der Waals surface area contributed by atoms with E-state index in [0.717, 1.165) is 16.8 Å². The summed E-state index contributed by atoms with van der Waals surface area (Å²) in [5.74, 6) is 0.672. The molecule has 2 amide bonds. The van der Waals surface area contributed by atoms with E-state index in [1.54, 1.807) is 0 Å². The van der Waals surface area contributed by atoms with Gasteiger partial charge < -0.3 is 10.6 Å². The number of benzene rings is 1. The fraction of sp³-hybridized carbons (Fsp3) is 0.579. The van der Waals surface area contributed by atoms with Gasteiger partial charge in [-0.25, -0.2) is 0 Å². The van der Waals surface area contributed by atoms with Gasteiger partial charge in [-0.05, 0) is 42.9 Å². The molecule has 2 fully saturated rings. The Morgan fingerprint density at radius 2 is 2.12 bits per heavy atom. The van der Waals surface area contributed by atoms with Crippen molar-refractivity contribution in [3.8, 4) is 0 Å². The smallest absolute Gasteiger partial charge is 0.228 e. The highest BCUT2D eigenvalue weighted by molar-refractivity contribution is 5.99. The lowest BCUT2D eigenvalue weighted by atomic mass is 9.81. The van der Waals surface area contributed by atoms with Crippen LogP contribution >= 0.6 is 0 Å². The van der Waals surface area contributed by atoms with Crippen molar-refractivity contribution in [1.29, 1.82) is 0 Å². The molecule has 2 aliphatic heterocycles. The van der Waals surface area contributed by atoms with Crippen molar-refractivity contribution >= 4 is 17.5 Å². The third-order valence-corrected chi connectivity index (χ3v) is 5.83. The van der Waals surface area contributed by atoms with Gasteiger partial charge in [-0.15, -0.1) is 0 Å². The van der Waals surface area contributed by atoms with E-state index in [4.69, 9.17) is 0 Å². The molecule has 6 heteroatoms. The number of hydrogen-bond donors (Lipinski definition) is 4. The van der Waals surface area contributed by atoms with Gasteiger partial charge in [-0.2, -0.15) is 0 Å². The molecule has 1 aliphatic carbocycles. The molecule has 0 bridgehead atoms. The minimum absolute atomic E-state index is 0.0330. The summed E-state index contributed by atoms with van der Waals surface area (Å²) in [6.45, 7) is 1.99. The van der Waals surface area contributed by atoms with Gasteiger partial charge in [-0.1, -0.05) is 25.0 Å². The van der Waals surface area contributed by atoms with Gasteiger partial charge in [0.1, 0.15) is 0 Å². The van der Waals surface area contributed by atoms with Crippen LogP contribution < -0.4 is 21.5 Å². The van der Waals surface area contributed by atoms with E-state index in [0.29, 0.717) is 24.8 Å². The number of fused-ring (bicyclic) bond motifs is 2. The molecule has 3 aliphatic rings. The molecule has 134 valence electrons. The Hall–Kier alpha value is -1.92. The Morgan fingerprint density at radius 3 is 3.00 bits per heavy atom. The molecule has 25 heavy (non-hydrogen) atoms. The van der Waals surface area contributed by atoms with Gasteiger partial charge in [0.25, 0.3) is 0 Å². The first kappa shape index (κ1) is 16.5. The molecule has 4 rings (SSSR count). The predicted molar refractivity (Wildman–Crippen MR) is 95.8 cm³/mol. The zero-order valence-corrected chi connectivity index (χ0v) is 14.6. The lowest BCUT2D eigenvalue weighted by Crippen LogP contribution is -2.38. The molecular formula is C19H26N4O2. The molecule has 1 saturated heterocycles. The predicted octanol–water partition coefficient (Wildman–Crippen LogP) is 1.78. The Kier molecular flexibility index (Phi) is 4.48. The standard InChI is InChI=1S/C19H26N4O2/c1-11(12-6-7-15-13(8-12)9-18(24)21-15)20-19(25)10-17-14-4-2-3-5-16(14)22-23-17/h6-8,11,14,16-17,22-23H,2-5,9-10H2,1H3,(H,20,25)(H,21,24). The number of hydrogen-bond acceptors (Lipinski definition) is 4. The van der Waals surface area contributed by atoms with Crippen LogP contribution in [0.3, 0.4) is 0 Å². The number of anilines is 1. The first-order valence-electron chi connectivity index (χ1n) is 9.33. The summed E-state index contributed by atoms with van der Waals surface area (Å²) in [7, 11) is 0. The van der Waals surface area contributed by atoms with Crippen LogP contribution in [0, 0.1) is 5.92 Å². The Morgan fingerprint density at radius 1 is 1.28 bits per heavy atom. The van der Waals surface area contributed by atoms with Crippen molar-refractivity contribution in [2.45, 2.75) is 63.6 Å². The van der Waals surface area contributed by atoms with E-state index in [2.05, 4.69) is 21.5 Å². The minimum atomic E-state index is -0.0648. The minimum Gasteiger partial charge on any atom is -0.350 e. The van der Waals surface area contributed by atoms with Crippen LogP contribution in [-0.2, 0) is 16.0 Å². The Bertz CT molecular complexity index is 690. The molecule has 2 heterocycles. The lowest BCUT2D eigenvalue weighted by Gasteiger charge is -2.27. The molecule has 1 aromatic rings. The van der Waals surface area contributed by atoms with E-state index in [1.165, 1.54) is 25.7 Å². The Balaban J connectivity index is 1.35.